The third-order valence-electron chi connectivity index (χ3n) is 7.43. The lowest BCUT2D eigenvalue weighted by Crippen LogP contribution is -2.52. The molecular formula is C28H33F6N3O4S. The third kappa shape index (κ3) is 8.93. The molecule has 0 aliphatic heterocycles. The molecule has 0 spiro atoms. The van der Waals surface area contributed by atoms with Gasteiger partial charge >= 0.3 is 12.4 Å². The summed E-state index contributed by atoms with van der Waals surface area (Å²) >= 11 is 0. The molecule has 0 radical (unpaired) electrons. The topological polar surface area (TPSA) is 95.6 Å². The van der Waals surface area contributed by atoms with Crippen molar-refractivity contribution in [3.63, 3.8) is 0 Å². The summed E-state index contributed by atoms with van der Waals surface area (Å²) < 4.78 is 105. The Morgan fingerprint density at radius 3 is 2.02 bits per heavy atom. The lowest BCUT2D eigenvalue weighted by Gasteiger charge is -2.41. The summed E-state index contributed by atoms with van der Waals surface area (Å²) in [5, 5.41) is 4.65. The number of amides is 2. The maximum Gasteiger partial charge on any atom is 0.416 e. The van der Waals surface area contributed by atoms with Crippen molar-refractivity contribution in [2.24, 2.45) is 5.92 Å². The third-order valence-corrected chi connectivity index (χ3v) is 9.29. The zero-order chi connectivity index (χ0) is 31.5. The second-order valence-corrected chi connectivity index (χ2v) is 12.8. The highest BCUT2D eigenvalue weighted by molar-refractivity contribution is 7.91. The summed E-state index contributed by atoms with van der Waals surface area (Å²) in [6.45, 7) is 3.98. The lowest BCUT2D eigenvalue weighted by molar-refractivity contribution is -0.143. The molecule has 0 aromatic heterocycles. The van der Waals surface area contributed by atoms with Gasteiger partial charge in [-0.3, -0.25) is 9.59 Å². The van der Waals surface area contributed by atoms with E-state index in [0.29, 0.717) is 31.4 Å². The number of anilines is 1. The molecule has 1 aliphatic rings. The molecule has 2 aromatic rings. The molecule has 3 atom stereocenters. The van der Waals surface area contributed by atoms with E-state index >= 15 is 0 Å². The molecule has 2 amide bonds. The molecule has 7 nitrogen and oxygen atoms in total. The van der Waals surface area contributed by atoms with Gasteiger partial charge in [0.05, 0.1) is 21.8 Å². The first-order valence-electron chi connectivity index (χ1n) is 13.2. The van der Waals surface area contributed by atoms with E-state index in [2.05, 4.69) is 10.2 Å². The molecule has 1 aliphatic carbocycles. The number of nitrogens with zero attached hydrogens (tertiary/aromatic N) is 1. The van der Waals surface area contributed by atoms with Crippen molar-refractivity contribution in [1.29, 1.82) is 0 Å². The minimum Gasteiger partial charge on any atom is -0.353 e. The minimum atomic E-state index is -5.10. The molecule has 1 saturated carbocycles. The number of hydrogen-bond acceptors (Lipinski definition) is 5. The van der Waals surface area contributed by atoms with Crippen molar-refractivity contribution in [1.82, 2.24) is 10.2 Å². The fourth-order valence-corrected chi connectivity index (χ4v) is 6.75. The van der Waals surface area contributed by atoms with E-state index in [-0.39, 0.29) is 28.8 Å². The number of hydrogen-bond donors (Lipinski definition) is 2. The fraction of sp³-hybridized carbons (Fsp3) is 0.500. The predicted octanol–water partition coefficient (Wildman–Crippen LogP) is 5.52. The summed E-state index contributed by atoms with van der Waals surface area (Å²) in [6.07, 6.45) is -9.57. The van der Waals surface area contributed by atoms with Gasteiger partial charge in [-0.1, -0.05) is 18.2 Å². The monoisotopic (exact) mass is 621 g/mol. The molecule has 42 heavy (non-hydrogen) atoms. The van der Waals surface area contributed by atoms with E-state index in [1.165, 1.54) is 12.1 Å². The molecule has 0 bridgehead atoms. The smallest absolute Gasteiger partial charge is 0.353 e. The van der Waals surface area contributed by atoms with Crippen LogP contribution < -0.4 is 10.6 Å². The number of sulfone groups is 1. The predicted molar refractivity (Wildman–Crippen MR) is 144 cm³/mol. The Morgan fingerprint density at radius 1 is 0.929 bits per heavy atom. The van der Waals surface area contributed by atoms with E-state index in [9.17, 15) is 44.3 Å². The van der Waals surface area contributed by atoms with Crippen LogP contribution in [0.15, 0.2) is 53.4 Å². The fourth-order valence-electron chi connectivity index (χ4n) is 5.02. The summed E-state index contributed by atoms with van der Waals surface area (Å²) in [6, 6.07) is 7.99. The number of halogens is 6. The quantitative estimate of drug-likeness (QED) is 0.284. The van der Waals surface area contributed by atoms with Crippen LogP contribution in [0.25, 0.3) is 0 Å². The highest BCUT2D eigenvalue weighted by atomic mass is 32.2. The number of carbonyl (C=O) groups is 2. The van der Waals surface area contributed by atoms with Crippen LogP contribution in [-0.2, 0) is 31.8 Å². The van der Waals surface area contributed by atoms with Crippen molar-refractivity contribution in [2.75, 3.05) is 18.1 Å². The van der Waals surface area contributed by atoms with E-state index < -0.39 is 69.2 Å². The van der Waals surface area contributed by atoms with Crippen molar-refractivity contribution in [3.05, 3.63) is 59.7 Å². The molecule has 0 unspecified atom stereocenters. The SMILES string of the molecule is CC(C)N(C)[C@H]1CC[C@@H](CS(=O)(=O)c2ccccc2)[C@@H](NC(=O)CC(=O)Nc2cc(C(F)(F)F)cc(C(F)(F)F)c2)C1. The Hall–Kier alpha value is -3.13. The standard InChI is InChI=1S/C28H33F6N3O4S/c1-17(2)37(3)22-10-9-18(16-42(40,41)23-7-5-4-6-8-23)24(14-22)36-26(39)15-25(38)35-21-12-19(27(29,30)31)11-20(13-21)28(32,33)34/h4-8,11-13,17-18,22,24H,9-10,14-16H2,1-3H3,(H,35,38)(H,36,39)/t18-,22-,24-/m0/s1. The van der Waals surface area contributed by atoms with Crippen LogP contribution in [0, 0.1) is 5.92 Å². The molecule has 3 rings (SSSR count). The minimum absolute atomic E-state index is 0.00528. The van der Waals surface area contributed by atoms with Crippen molar-refractivity contribution in [2.45, 2.75) is 74.9 Å². The van der Waals surface area contributed by atoms with Gasteiger partial charge in [-0.15, -0.1) is 0 Å². The summed E-state index contributed by atoms with van der Waals surface area (Å²) in [4.78, 5) is 27.6. The van der Waals surface area contributed by atoms with Gasteiger partial charge in [0.1, 0.15) is 6.42 Å². The van der Waals surface area contributed by atoms with Crippen LogP contribution in [0.3, 0.4) is 0 Å². The molecule has 2 N–H and O–H groups in total. The Morgan fingerprint density at radius 2 is 1.50 bits per heavy atom. The Bertz CT molecular complexity index is 1330. The van der Waals surface area contributed by atoms with Crippen LogP contribution in [0.4, 0.5) is 32.0 Å². The Kier molecular flexibility index (Phi) is 10.3. The van der Waals surface area contributed by atoms with Crippen LogP contribution in [0.5, 0.6) is 0 Å². The highest BCUT2D eigenvalue weighted by Crippen LogP contribution is 2.37. The average Bonchev–Trinajstić information content (AvgIpc) is 2.88. The first kappa shape index (κ1) is 33.4. The summed E-state index contributed by atoms with van der Waals surface area (Å²) in [7, 11) is -1.80. The highest BCUT2D eigenvalue weighted by Gasteiger charge is 2.38. The van der Waals surface area contributed by atoms with Crippen LogP contribution in [0.1, 0.15) is 50.7 Å². The van der Waals surface area contributed by atoms with Gasteiger partial charge in [0.15, 0.2) is 9.84 Å². The van der Waals surface area contributed by atoms with Gasteiger partial charge < -0.3 is 15.5 Å². The Labute approximate surface area is 240 Å². The first-order valence-corrected chi connectivity index (χ1v) is 14.9. The van der Waals surface area contributed by atoms with E-state index in [1.807, 2.05) is 26.2 Å². The second-order valence-electron chi connectivity index (χ2n) is 10.8. The van der Waals surface area contributed by atoms with E-state index in [4.69, 9.17) is 0 Å². The van der Waals surface area contributed by atoms with Gasteiger partial charge in [0, 0.05) is 23.8 Å². The Balaban J connectivity index is 1.76. The molecule has 0 saturated heterocycles. The van der Waals surface area contributed by atoms with E-state index in [0.717, 1.165) is 0 Å². The van der Waals surface area contributed by atoms with Gasteiger partial charge in [-0.2, -0.15) is 26.3 Å². The zero-order valence-corrected chi connectivity index (χ0v) is 24.0. The van der Waals surface area contributed by atoms with Crippen LogP contribution in [-0.4, -0.2) is 56.1 Å². The molecule has 232 valence electrons. The van der Waals surface area contributed by atoms with Gasteiger partial charge in [0.25, 0.3) is 0 Å². The molecule has 0 heterocycles. The summed E-state index contributed by atoms with van der Waals surface area (Å²) in [5.74, 6) is -2.70. The number of rotatable bonds is 9. The normalized spacial score (nSPS) is 20.0. The molecular weight excluding hydrogens is 588 g/mol. The molecule has 14 heteroatoms. The number of alkyl halides is 6. The molecule has 1 fully saturated rings. The van der Waals surface area contributed by atoms with E-state index in [1.54, 1.807) is 18.2 Å². The van der Waals surface area contributed by atoms with Crippen molar-refractivity contribution >= 4 is 27.3 Å². The number of benzene rings is 2. The maximum absolute atomic E-state index is 13.2. The van der Waals surface area contributed by atoms with Crippen molar-refractivity contribution < 1.29 is 44.3 Å². The second kappa shape index (κ2) is 13.0. The first-order chi connectivity index (χ1) is 19.4. The maximum atomic E-state index is 13.2. The number of carbonyl (C=O) groups excluding carboxylic acids is 2. The zero-order valence-electron chi connectivity index (χ0n) is 23.2. The van der Waals surface area contributed by atoms with Crippen LogP contribution in [0.2, 0.25) is 0 Å². The van der Waals surface area contributed by atoms with Gasteiger partial charge in [-0.05, 0) is 76.4 Å². The lowest BCUT2D eigenvalue weighted by atomic mass is 9.81. The van der Waals surface area contributed by atoms with Crippen LogP contribution >= 0.6 is 0 Å². The van der Waals surface area contributed by atoms with Gasteiger partial charge in [0.2, 0.25) is 11.8 Å². The summed E-state index contributed by atoms with van der Waals surface area (Å²) in [5.41, 5.74) is -3.98. The van der Waals surface area contributed by atoms with Crippen molar-refractivity contribution in [3.8, 4) is 0 Å². The van der Waals surface area contributed by atoms with Gasteiger partial charge in [-0.25, -0.2) is 8.42 Å². The average molecular weight is 622 g/mol. The molecule has 2 aromatic carbocycles. The number of nitrogens with one attached hydrogen (secondary N) is 2. The largest absolute Gasteiger partial charge is 0.416 e.